The number of fused-ring (bicyclic) bond motifs is 2. The minimum Gasteiger partial charge on any atom is -0.401 e. The number of halogens is 2. The molecular weight excluding hydrogens is 795 g/mol. The van der Waals surface area contributed by atoms with E-state index in [1.165, 1.54) is 23.0 Å². The lowest BCUT2D eigenvalue weighted by atomic mass is 10.1. The predicted octanol–water partition coefficient (Wildman–Crippen LogP) is 2.47. The Hall–Kier alpha value is -1.84. The van der Waals surface area contributed by atoms with E-state index in [4.69, 9.17) is 26.6 Å². The van der Waals surface area contributed by atoms with Crippen molar-refractivity contribution in [2.75, 3.05) is 12.3 Å². The molecule has 46 heavy (non-hydrogen) atoms. The van der Waals surface area contributed by atoms with Gasteiger partial charge in [-0.25, -0.2) is 33.2 Å². The molecule has 1 aliphatic heterocycles. The summed E-state index contributed by atoms with van der Waals surface area (Å²) in [5.41, 5.74) is 6.28. The Morgan fingerprint density at radius 1 is 0.978 bits per heavy atom. The van der Waals surface area contributed by atoms with Gasteiger partial charge in [0.05, 0.1) is 28.9 Å². The summed E-state index contributed by atoms with van der Waals surface area (Å²) in [5, 5.41) is 20.9. The van der Waals surface area contributed by atoms with Gasteiger partial charge >= 0.3 is 31.3 Å². The first-order valence-corrected chi connectivity index (χ1v) is 19.1. The molecule has 3 aromatic heterocycles. The number of aliphatic hydroxyl groups is 2. The minimum absolute atomic E-state index is 0.00504. The van der Waals surface area contributed by atoms with Crippen LogP contribution in [0.1, 0.15) is 6.23 Å². The maximum Gasteiger partial charge on any atom is 0.536 e. The smallest absolute Gasteiger partial charge is 0.401 e. The molecule has 0 amide bonds. The molecule has 0 spiro atoms. The molecule has 28 heteroatoms. The van der Waals surface area contributed by atoms with E-state index in [9.17, 15) is 48.0 Å². The fourth-order valence-corrected chi connectivity index (χ4v) is 9.65. The number of benzene rings is 1. The highest BCUT2D eigenvalue weighted by atomic mass is 79.9. The molecule has 1 saturated heterocycles. The van der Waals surface area contributed by atoms with Gasteiger partial charge < -0.3 is 44.9 Å². The van der Waals surface area contributed by atoms with E-state index in [-0.39, 0.29) is 27.4 Å². The average molecular weight is 816 g/mol. The maximum atomic E-state index is 12.4. The van der Waals surface area contributed by atoms with Crippen molar-refractivity contribution in [3.05, 3.63) is 40.5 Å². The Balaban J connectivity index is 1.20. The van der Waals surface area contributed by atoms with Gasteiger partial charge in [-0.15, -0.1) is 0 Å². The molecule has 1 aliphatic rings. The lowest BCUT2D eigenvalue weighted by Crippen LogP contribution is -2.33. The molecule has 0 bridgehead atoms. The second-order valence-corrected chi connectivity index (χ2v) is 16.5. The van der Waals surface area contributed by atoms with Gasteiger partial charge in [-0.2, -0.15) is 12.9 Å². The molecule has 252 valence electrons. The third-order valence-corrected chi connectivity index (χ3v) is 13.1. The second-order valence-electron chi connectivity index (χ2n) is 9.07. The van der Waals surface area contributed by atoms with Crippen molar-refractivity contribution in [3.8, 4) is 5.75 Å². The Kier molecular flexibility index (Phi) is 9.93. The van der Waals surface area contributed by atoms with Crippen molar-refractivity contribution in [2.24, 2.45) is 0 Å². The standard InChI is InChI=1S/C18H20BrClN6O16P4/c19-7-1-2-8-11(12(7)20)9(3-22-8)39-44(31,32)41-46(35,36)42-45(33,34)40-43(29,30)37-4-10-14(27)15(28)18(38-10)26-6-25-13-16(21)23-5-24-17(13)26/h1-3,5-6,10,14-15,18,22,27-28H,4H2,(H,29,30)(H,31,32)(H,33,34)(H,35,36)(H2,21,23,24)/t10-,14-,15-,18-/m1/s1. The average Bonchev–Trinajstić information content (AvgIpc) is 3.60. The van der Waals surface area contributed by atoms with Crippen LogP contribution in [0.4, 0.5) is 5.82 Å². The summed E-state index contributed by atoms with van der Waals surface area (Å²) in [4.78, 5) is 53.9. The predicted molar refractivity (Wildman–Crippen MR) is 156 cm³/mol. The molecular formula is C18H20BrClN6O16P4. The third kappa shape index (κ3) is 7.72. The number of aliphatic hydroxyl groups excluding tert-OH is 2. The first-order chi connectivity index (χ1) is 21.3. The largest absolute Gasteiger partial charge is 0.536 e. The number of hydrogen-bond donors (Lipinski definition) is 8. The number of phosphoric ester groups is 2. The Labute approximate surface area is 268 Å². The molecule has 4 unspecified atom stereocenters. The van der Waals surface area contributed by atoms with E-state index in [0.717, 1.165) is 12.5 Å². The van der Waals surface area contributed by atoms with Gasteiger partial charge in [0.15, 0.2) is 23.4 Å². The van der Waals surface area contributed by atoms with E-state index >= 15 is 0 Å². The van der Waals surface area contributed by atoms with Gasteiger partial charge in [0.1, 0.15) is 30.2 Å². The molecule has 0 radical (unpaired) electrons. The van der Waals surface area contributed by atoms with Crippen molar-refractivity contribution in [1.29, 1.82) is 0 Å². The van der Waals surface area contributed by atoms with Gasteiger partial charge in [0.2, 0.25) is 0 Å². The van der Waals surface area contributed by atoms with Crippen LogP contribution < -0.4 is 10.3 Å². The van der Waals surface area contributed by atoms with Gasteiger partial charge in [-0.05, 0) is 28.1 Å². The third-order valence-electron chi connectivity index (χ3n) is 5.93. The number of imidazole rings is 1. The number of aromatic amines is 1. The normalized spacial score (nSPS) is 25.6. The summed E-state index contributed by atoms with van der Waals surface area (Å²) in [7, 11) is -23.5. The van der Waals surface area contributed by atoms with Crippen LogP contribution in [0.5, 0.6) is 5.75 Å². The summed E-state index contributed by atoms with van der Waals surface area (Å²) in [6.45, 7) is -1.07. The van der Waals surface area contributed by atoms with Crippen molar-refractivity contribution in [3.63, 3.8) is 0 Å². The highest BCUT2D eigenvalue weighted by molar-refractivity contribution is 9.10. The summed E-state index contributed by atoms with van der Waals surface area (Å²) in [6.07, 6.45) is -3.07. The van der Waals surface area contributed by atoms with E-state index < -0.39 is 68.2 Å². The maximum absolute atomic E-state index is 12.4. The topological polar surface area (TPSA) is 330 Å². The summed E-state index contributed by atoms with van der Waals surface area (Å²) in [5.74, 6) is -0.434. The van der Waals surface area contributed by atoms with Crippen LogP contribution in [0.15, 0.2) is 35.5 Å². The fourth-order valence-electron chi connectivity index (χ4n) is 4.11. The number of nitrogen functional groups attached to an aromatic ring is 1. The highest BCUT2D eigenvalue weighted by Gasteiger charge is 2.49. The number of nitrogens with zero attached hydrogens (tertiary/aromatic N) is 4. The number of nitrogens with one attached hydrogen (secondary N) is 1. The van der Waals surface area contributed by atoms with Crippen molar-refractivity contribution >= 4 is 86.7 Å². The molecule has 5 rings (SSSR count). The first kappa shape index (κ1) is 35.5. The Bertz CT molecular complexity index is 2000. The Morgan fingerprint density at radius 3 is 2.33 bits per heavy atom. The SMILES string of the molecule is Nc1ncnc2c1ncn2[C@@H]1O[C@H](COP(=O)(O)OP(=O)(O)OP(=O)(O)OP(=O)(O)Oc2c[nH]c3ccc(Br)c(Cl)c23)[C@@H](O)[C@H]1O. The van der Waals surface area contributed by atoms with E-state index in [1.54, 1.807) is 0 Å². The minimum atomic E-state index is -6.11. The number of nitrogens with two attached hydrogens (primary N) is 1. The lowest BCUT2D eigenvalue weighted by molar-refractivity contribution is -0.0503. The summed E-state index contributed by atoms with van der Waals surface area (Å²) < 4.78 is 77.4. The molecule has 1 fully saturated rings. The molecule has 0 aliphatic carbocycles. The number of hydrogen-bond acceptors (Lipinski definition) is 16. The molecule has 9 N–H and O–H groups in total. The van der Waals surface area contributed by atoms with Crippen molar-refractivity contribution < 1.29 is 74.8 Å². The van der Waals surface area contributed by atoms with Crippen LogP contribution in [0, 0.1) is 0 Å². The number of aromatic nitrogens is 5. The number of phosphoric acid groups is 4. The first-order valence-electron chi connectivity index (χ1n) is 12.0. The van der Waals surface area contributed by atoms with Crippen LogP contribution in [0.3, 0.4) is 0 Å². The van der Waals surface area contributed by atoms with Crippen LogP contribution in [0.2, 0.25) is 5.02 Å². The number of rotatable bonds is 12. The zero-order valence-corrected chi connectivity index (χ0v) is 28.0. The zero-order chi connectivity index (χ0) is 33.8. The van der Waals surface area contributed by atoms with Gasteiger partial charge in [0.25, 0.3) is 0 Å². The van der Waals surface area contributed by atoms with Crippen molar-refractivity contribution in [1.82, 2.24) is 24.5 Å². The monoisotopic (exact) mass is 814 g/mol. The van der Waals surface area contributed by atoms with E-state index in [1.807, 2.05) is 0 Å². The molecule has 0 saturated carbocycles. The highest BCUT2D eigenvalue weighted by Crippen LogP contribution is 2.71. The molecule has 1 aromatic carbocycles. The number of ether oxygens (including phenoxy) is 1. The van der Waals surface area contributed by atoms with Crippen LogP contribution in [-0.2, 0) is 40.5 Å². The molecule has 4 heterocycles. The van der Waals surface area contributed by atoms with Crippen LogP contribution >= 0.6 is 58.8 Å². The molecule has 4 aromatic rings. The number of H-pyrrole nitrogens is 1. The summed E-state index contributed by atoms with van der Waals surface area (Å²) in [6, 6.07) is 3.04. The lowest BCUT2D eigenvalue weighted by Gasteiger charge is -2.20. The number of anilines is 1. The molecule has 22 nitrogen and oxygen atoms in total. The summed E-state index contributed by atoms with van der Waals surface area (Å²) >= 11 is 9.28. The van der Waals surface area contributed by atoms with Crippen molar-refractivity contribution in [2.45, 2.75) is 24.5 Å². The van der Waals surface area contributed by atoms with Crippen LogP contribution in [-0.4, -0.2) is 79.2 Å². The second kappa shape index (κ2) is 12.9. The van der Waals surface area contributed by atoms with Gasteiger partial charge in [0, 0.05) is 10.7 Å². The zero-order valence-electron chi connectivity index (χ0n) is 22.1. The van der Waals surface area contributed by atoms with Gasteiger partial charge in [-0.3, -0.25) is 14.0 Å². The quantitative estimate of drug-likeness (QED) is 0.0952. The van der Waals surface area contributed by atoms with Gasteiger partial charge in [-0.1, -0.05) is 11.6 Å². The van der Waals surface area contributed by atoms with E-state index in [0.29, 0.717) is 9.99 Å². The Morgan fingerprint density at radius 2 is 1.63 bits per heavy atom. The molecule has 8 atom stereocenters. The fraction of sp³-hybridized carbons (Fsp3) is 0.278. The van der Waals surface area contributed by atoms with E-state index in [2.05, 4.69) is 53.3 Å². The van der Waals surface area contributed by atoms with Crippen LogP contribution in [0.25, 0.3) is 22.1 Å².